The minimum atomic E-state index is -0.0818. The van der Waals surface area contributed by atoms with E-state index >= 15 is 0 Å². The molecule has 1 rings (SSSR count). The number of esters is 1. The highest BCUT2D eigenvalue weighted by Crippen LogP contribution is 2.19. The second-order valence-corrected chi connectivity index (χ2v) is 4.28. The van der Waals surface area contributed by atoms with E-state index in [2.05, 4.69) is 6.92 Å². The van der Waals surface area contributed by atoms with E-state index < -0.39 is 0 Å². The molecule has 0 fully saturated rings. The molecule has 15 heavy (non-hydrogen) atoms. The van der Waals surface area contributed by atoms with Crippen molar-refractivity contribution in [2.75, 3.05) is 0 Å². The molecule has 1 aliphatic rings. The monoisotopic (exact) mass is 210 g/mol. The van der Waals surface area contributed by atoms with Gasteiger partial charge in [-0.1, -0.05) is 39.0 Å². The zero-order valence-corrected chi connectivity index (χ0v) is 9.76. The van der Waals surface area contributed by atoms with Gasteiger partial charge in [-0.25, -0.2) is 0 Å². The Labute approximate surface area is 92.7 Å². The van der Waals surface area contributed by atoms with Gasteiger partial charge in [0.15, 0.2) is 0 Å². The van der Waals surface area contributed by atoms with Crippen LogP contribution in [0.15, 0.2) is 11.8 Å². The van der Waals surface area contributed by atoms with E-state index in [0.29, 0.717) is 6.42 Å². The molecule has 0 radical (unpaired) electrons. The molecule has 0 spiro atoms. The minimum Gasteiger partial charge on any atom is -0.435 e. The number of allylic oxidation sites excluding steroid dienone is 1. The zero-order chi connectivity index (χ0) is 10.9. The number of hydrogen-bond donors (Lipinski definition) is 0. The molecule has 0 aromatic heterocycles. The maximum atomic E-state index is 10.8. The smallest absolute Gasteiger partial charge is 0.310 e. The number of rotatable bonds is 7. The van der Waals surface area contributed by atoms with Crippen molar-refractivity contribution in [3.63, 3.8) is 0 Å². The van der Waals surface area contributed by atoms with Crippen LogP contribution in [-0.2, 0) is 9.53 Å². The maximum Gasteiger partial charge on any atom is 0.310 e. The van der Waals surface area contributed by atoms with Gasteiger partial charge in [-0.2, -0.15) is 0 Å². The van der Waals surface area contributed by atoms with E-state index in [9.17, 15) is 4.79 Å². The van der Waals surface area contributed by atoms with Gasteiger partial charge in [-0.3, -0.25) is 4.79 Å². The first-order chi connectivity index (χ1) is 7.33. The first-order valence-electron chi connectivity index (χ1n) is 6.20. The summed E-state index contributed by atoms with van der Waals surface area (Å²) in [6, 6.07) is 0. The summed E-state index contributed by atoms with van der Waals surface area (Å²) in [6.07, 6.45) is 12.2. The third-order valence-electron chi connectivity index (χ3n) is 2.86. The summed E-state index contributed by atoms with van der Waals surface area (Å²) in [5.41, 5.74) is 1.31. The quantitative estimate of drug-likeness (QED) is 0.469. The lowest BCUT2D eigenvalue weighted by Gasteiger charge is -2.11. The maximum absolute atomic E-state index is 10.8. The summed E-state index contributed by atoms with van der Waals surface area (Å²) in [5, 5.41) is 0. The predicted octanol–water partition coefficient (Wildman–Crippen LogP) is 3.96. The van der Waals surface area contributed by atoms with Gasteiger partial charge in [-0.05, 0) is 24.8 Å². The minimum absolute atomic E-state index is 0.0818. The summed E-state index contributed by atoms with van der Waals surface area (Å²) >= 11 is 0. The Morgan fingerprint density at radius 3 is 2.53 bits per heavy atom. The highest BCUT2D eigenvalue weighted by molar-refractivity contribution is 5.71. The summed E-state index contributed by atoms with van der Waals surface area (Å²) < 4.78 is 4.89. The molecule has 0 unspecified atom stereocenters. The lowest BCUT2D eigenvalue weighted by atomic mass is 10.0. The van der Waals surface area contributed by atoms with E-state index in [1.54, 1.807) is 6.26 Å². The van der Waals surface area contributed by atoms with E-state index in [1.165, 1.54) is 44.1 Å². The average Bonchev–Trinajstić information content (AvgIpc) is 2.26. The van der Waals surface area contributed by atoms with Crippen LogP contribution in [0.2, 0.25) is 0 Å². The third-order valence-corrected chi connectivity index (χ3v) is 2.86. The lowest BCUT2D eigenvalue weighted by molar-refractivity contribution is -0.139. The lowest BCUT2D eigenvalue weighted by Crippen LogP contribution is -2.06. The highest BCUT2D eigenvalue weighted by atomic mass is 16.5. The van der Waals surface area contributed by atoms with E-state index in [1.807, 2.05) is 0 Å². The molecule has 0 saturated heterocycles. The topological polar surface area (TPSA) is 26.3 Å². The Morgan fingerprint density at radius 1 is 1.13 bits per heavy atom. The molecule has 0 aromatic carbocycles. The van der Waals surface area contributed by atoms with Crippen molar-refractivity contribution in [1.82, 2.24) is 0 Å². The number of hydrogen-bond acceptors (Lipinski definition) is 2. The van der Waals surface area contributed by atoms with E-state index in [0.717, 1.165) is 12.8 Å². The fraction of sp³-hybridized carbons (Fsp3) is 0.769. The summed E-state index contributed by atoms with van der Waals surface area (Å²) in [6.45, 7) is 2.24. The molecule has 2 nitrogen and oxygen atoms in total. The highest BCUT2D eigenvalue weighted by Gasteiger charge is 2.10. The molecule has 0 bridgehead atoms. The van der Waals surface area contributed by atoms with Crippen molar-refractivity contribution in [3.05, 3.63) is 11.8 Å². The Kier molecular flexibility index (Phi) is 6.14. The number of carbonyl (C=O) groups excluding carboxylic acids is 1. The van der Waals surface area contributed by atoms with Crippen molar-refractivity contribution >= 4 is 5.97 Å². The van der Waals surface area contributed by atoms with Crippen LogP contribution < -0.4 is 0 Å². The standard InChI is InChI=1S/C13H22O2/c1-2-3-4-5-6-7-8-12-9-10-13(14)15-11-12/h11H,2-10H2,1H3. The number of ether oxygens (including phenoxy) is 1. The molecule has 1 aliphatic heterocycles. The third kappa shape index (κ3) is 5.60. The van der Waals surface area contributed by atoms with Crippen LogP contribution in [-0.4, -0.2) is 5.97 Å². The van der Waals surface area contributed by atoms with Gasteiger partial charge in [-0.15, -0.1) is 0 Å². The van der Waals surface area contributed by atoms with E-state index in [-0.39, 0.29) is 5.97 Å². The average molecular weight is 210 g/mol. The van der Waals surface area contributed by atoms with Gasteiger partial charge in [0.25, 0.3) is 0 Å². The first-order valence-corrected chi connectivity index (χ1v) is 6.20. The van der Waals surface area contributed by atoms with Gasteiger partial charge in [0.1, 0.15) is 0 Å². The van der Waals surface area contributed by atoms with Crippen molar-refractivity contribution < 1.29 is 9.53 Å². The molecule has 2 heteroatoms. The van der Waals surface area contributed by atoms with Crippen molar-refractivity contribution in [1.29, 1.82) is 0 Å². The first kappa shape index (κ1) is 12.3. The molecule has 0 atom stereocenters. The Hall–Kier alpha value is -0.790. The summed E-state index contributed by atoms with van der Waals surface area (Å²) in [7, 11) is 0. The number of unbranched alkanes of at least 4 members (excludes halogenated alkanes) is 5. The molecule has 86 valence electrons. The van der Waals surface area contributed by atoms with Crippen LogP contribution in [0, 0.1) is 0 Å². The number of carbonyl (C=O) groups is 1. The molecule has 0 saturated carbocycles. The van der Waals surface area contributed by atoms with Crippen molar-refractivity contribution in [2.45, 2.75) is 64.7 Å². The Balaban J connectivity index is 1.98. The molecule has 0 aromatic rings. The molecule has 0 N–H and O–H groups in total. The fourth-order valence-electron chi connectivity index (χ4n) is 1.85. The molecule has 0 aliphatic carbocycles. The molecular weight excluding hydrogens is 188 g/mol. The van der Waals surface area contributed by atoms with Gasteiger partial charge < -0.3 is 4.74 Å². The largest absolute Gasteiger partial charge is 0.435 e. The second kappa shape index (κ2) is 7.49. The molecular formula is C13H22O2. The Bertz CT molecular complexity index is 219. The van der Waals surface area contributed by atoms with Gasteiger partial charge in [0.05, 0.1) is 6.26 Å². The van der Waals surface area contributed by atoms with Crippen LogP contribution >= 0.6 is 0 Å². The zero-order valence-electron chi connectivity index (χ0n) is 9.76. The van der Waals surface area contributed by atoms with Gasteiger partial charge >= 0.3 is 5.97 Å². The van der Waals surface area contributed by atoms with Gasteiger partial charge in [0.2, 0.25) is 0 Å². The van der Waals surface area contributed by atoms with Crippen LogP contribution in [0.5, 0.6) is 0 Å². The van der Waals surface area contributed by atoms with Crippen LogP contribution in [0.3, 0.4) is 0 Å². The van der Waals surface area contributed by atoms with Crippen LogP contribution in [0.4, 0.5) is 0 Å². The summed E-state index contributed by atoms with van der Waals surface area (Å²) in [5.74, 6) is -0.0818. The van der Waals surface area contributed by atoms with Crippen LogP contribution in [0.25, 0.3) is 0 Å². The van der Waals surface area contributed by atoms with Crippen LogP contribution in [0.1, 0.15) is 64.7 Å². The molecule has 1 heterocycles. The van der Waals surface area contributed by atoms with Gasteiger partial charge in [0, 0.05) is 6.42 Å². The fourth-order valence-corrected chi connectivity index (χ4v) is 1.85. The normalized spacial score (nSPS) is 16.1. The van der Waals surface area contributed by atoms with E-state index in [4.69, 9.17) is 4.74 Å². The van der Waals surface area contributed by atoms with Crippen molar-refractivity contribution in [3.8, 4) is 0 Å². The number of cyclic esters (lactones) is 1. The Morgan fingerprint density at radius 2 is 1.87 bits per heavy atom. The summed E-state index contributed by atoms with van der Waals surface area (Å²) in [4.78, 5) is 10.8. The second-order valence-electron chi connectivity index (χ2n) is 4.28. The van der Waals surface area contributed by atoms with Crippen molar-refractivity contribution in [2.24, 2.45) is 0 Å². The SMILES string of the molecule is CCCCCCCCC1=COC(=O)CC1. The molecule has 0 amide bonds. The predicted molar refractivity (Wildman–Crippen MR) is 61.4 cm³/mol.